The molecule has 160 valence electrons. The standard InChI is InChI=1S/C19H22N4O6S/c24-18(14-29-17-6-5-11-20-19(17)23(25)26)21-15-7-9-16(10-8-15)30(27,28)22-12-3-1-2-4-13-22/h5-11H,1-4,12-14H2,(H,21,24). The van der Waals surface area contributed by atoms with E-state index in [9.17, 15) is 23.3 Å². The van der Waals surface area contributed by atoms with Crippen molar-refractivity contribution in [2.75, 3.05) is 25.0 Å². The zero-order valence-corrected chi connectivity index (χ0v) is 17.0. The van der Waals surface area contributed by atoms with E-state index in [1.54, 1.807) is 0 Å². The van der Waals surface area contributed by atoms with E-state index in [4.69, 9.17) is 4.74 Å². The number of anilines is 1. The van der Waals surface area contributed by atoms with Crippen molar-refractivity contribution in [3.8, 4) is 5.75 Å². The number of benzene rings is 1. The molecule has 0 radical (unpaired) electrons. The molecule has 10 nitrogen and oxygen atoms in total. The van der Waals surface area contributed by atoms with Gasteiger partial charge in [0.25, 0.3) is 5.91 Å². The lowest BCUT2D eigenvalue weighted by Crippen LogP contribution is -2.31. The summed E-state index contributed by atoms with van der Waals surface area (Å²) in [6, 6.07) is 8.69. The van der Waals surface area contributed by atoms with Gasteiger partial charge in [0.15, 0.2) is 6.61 Å². The minimum atomic E-state index is -3.56. The maximum atomic E-state index is 12.8. The molecular formula is C19H22N4O6S. The van der Waals surface area contributed by atoms with E-state index in [0.29, 0.717) is 18.8 Å². The van der Waals surface area contributed by atoms with Crippen molar-refractivity contribution in [3.05, 3.63) is 52.7 Å². The van der Waals surface area contributed by atoms with Crippen LogP contribution in [0.1, 0.15) is 25.7 Å². The monoisotopic (exact) mass is 434 g/mol. The Morgan fingerprint density at radius 1 is 1.13 bits per heavy atom. The van der Waals surface area contributed by atoms with Crippen LogP contribution in [0.4, 0.5) is 11.5 Å². The Morgan fingerprint density at radius 2 is 1.80 bits per heavy atom. The molecule has 0 atom stereocenters. The van der Waals surface area contributed by atoms with E-state index in [2.05, 4.69) is 10.3 Å². The largest absolute Gasteiger partial charge is 0.476 e. The second-order valence-corrected chi connectivity index (χ2v) is 8.70. The van der Waals surface area contributed by atoms with Crippen LogP contribution in [0.25, 0.3) is 0 Å². The Kier molecular flexibility index (Phi) is 6.95. The molecule has 11 heteroatoms. The molecule has 1 aromatic heterocycles. The number of rotatable bonds is 7. The zero-order valence-electron chi connectivity index (χ0n) is 16.2. The quantitative estimate of drug-likeness (QED) is 0.523. The molecule has 0 aliphatic carbocycles. The fourth-order valence-electron chi connectivity index (χ4n) is 3.11. The predicted molar refractivity (Wildman–Crippen MR) is 109 cm³/mol. The summed E-state index contributed by atoms with van der Waals surface area (Å²) in [7, 11) is -3.56. The fourth-order valence-corrected chi connectivity index (χ4v) is 4.63. The van der Waals surface area contributed by atoms with E-state index < -0.39 is 33.3 Å². The highest BCUT2D eigenvalue weighted by Gasteiger charge is 2.25. The summed E-state index contributed by atoms with van der Waals surface area (Å²) in [5, 5.41) is 13.5. The van der Waals surface area contributed by atoms with E-state index in [0.717, 1.165) is 25.7 Å². The lowest BCUT2D eigenvalue weighted by Gasteiger charge is -2.20. The molecule has 1 N–H and O–H groups in total. The zero-order chi connectivity index (χ0) is 21.6. The minimum absolute atomic E-state index is 0.114. The summed E-state index contributed by atoms with van der Waals surface area (Å²) in [5.74, 6) is -1.14. The topological polar surface area (TPSA) is 132 Å². The Labute approximate surface area is 174 Å². The van der Waals surface area contributed by atoms with Gasteiger partial charge in [-0.2, -0.15) is 4.31 Å². The second kappa shape index (κ2) is 9.63. The van der Waals surface area contributed by atoms with Gasteiger partial charge in [0.05, 0.1) is 4.90 Å². The Hall–Kier alpha value is -3.05. The fraction of sp³-hybridized carbons (Fsp3) is 0.368. The van der Waals surface area contributed by atoms with Gasteiger partial charge in [0, 0.05) is 18.8 Å². The number of nitrogens with one attached hydrogen (secondary N) is 1. The molecule has 1 aromatic carbocycles. The summed E-state index contributed by atoms with van der Waals surface area (Å²) < 4.78 is 32.2. The molecular weight excluding hydrogens is 412 g/mol. The molecule has 1 amide bonds. The van der Waals surface area contributed by atoms with E-state index in [1.165, 1.54) is 46.9 Å². The number of pyridine rings is 1. The summed E-state index contributed by atoms with van der Waals surface area (Å²) in [4.78, 5) is 26.1. The Morgan fingerprint density at radius 3 is 2.43 bits per heavy atom. The highest BCUT2D eigenvalue weighted by Crippen LogP contribution is 2.23. The van der Waals surface area contributed by atoms with E-state index in [1.807, 2.05) is 0 Å². The third-order valence-corrected chi connectivity index (χ3v) is 6.54. The molecule has 1 aliphatic heterocycles. The number of nitro groups is 1. The molecule has 1 fully saturated rings. The van der Waals surface area contributed by atoms with Crippen LogP contribution in [-0.4, -0.2) is 48.2 Å². The van der Waals surface area contributed by atoms with Crippen molar-refractivity contribution >= 4 is 27.4 Å². The normalized spacial score (nSPS) is 15.2. The highest BCUT2D eigenvalue weighted by molar-refractivity contribution is 7.89. The second-order valence-electron chi connectivity index (χ2n) is 6.76. The van der Waals surface area contributed by atoms with E-state index in [-0.39, 0.29) is 10.6 Å². The summed E-state index contributed by atoms with van der Waals surface area (Å²) in [6.45, 7) is 0.567. The van der Waals surface area contributed by atoms with Crippen molar-refractivity contribution in [3.63, 3.8) is 0 Å². The number of amides is 1. The van der Waals surface area contributed by atoms with Crippen LogP contribution >= 0.6 is 0 Å². The van der Waals surface area contributed by atoms with Crippen LogP contribution in [0.5, 0.6) is 5.75 Å². The summed E-state index contributed by atoms with van der Waals surface area (Å²) in [5.41, 5.74) is 0.388. The van der Waals surface area contributed by atoms with Gasteiger partial charge >= 0.3 is 5.82 Å². The maximum Gasteiger partial charge on any atom is 0.406 e. The number of nitrogens with zero attached hydrogens (tertiary/aromatic N) is 3. The first-order valence-electron chi connectivity index (χ1n) is 9.50. The lowest BCUT2D eigenvalue weighted by molar-refractivity contribution is -0.390. The van der Waals surface area contributed by atoms with Gasteiger partial charge in [-0.05, 0) is 59.1 Å². The Bertz CT molecular complexity index is 1000. The molecule has 0 spiro atoms. The van der Waals surface area contributed by atoms with Crippen molar-refractivity contribution in [1.29, 1.82) is 0 Å². The SMILES string of the molecule is O=C(COc1cccnc1[N+](=O)[O-])Nc1ccc(S(=O)(=O)N2CCCCCC2)cc1. The number of sulfonamides is 1. The number of aromatic nitrogens is 1. The first-order chi connectivity index (χ1) is 14.4. The molecule has 0 bridgehead atoms. The average Bonchev–Trinajstić information content (AvgIpc) is 3.03. The van der Waals surface area contributed by atoms with Gasteiger partial charge in [-0.15, -0.1) is 0 Å². The van der Waals surface area contributed by atoms with Crippen LogP contribution in [0.3, 0.4) is 0 Å². The maximum absolute atomic E-state index is 12.8. The number of ether oxygens (including phenoxy) is 1. The van der Waals surface area contributed by atoms with Crippen LogP contribution in [0.2, 0.25) is 0 Å². The van der Waals surface area contributed by atoms with E-state index >= 15 is 0 Å². The molecule has 0 unspecified atom stereocenters. The third-order valence-electron chi connectivity index (χ3n) is 4.62. The first kappa shape index (κ1) is 21.7. The van der Waals surface area contributed by atoms with Gasteiger partial charge in [0.1, 0.15) is 6.20 Å². The van der Waals surface area contributed by atoms with Crippen molar-refractivity contribution in [2.24, 2.45) is 0 Å². The Balaban J connectivity index is 1.60. The number of carbonyl (C=O) groups is 1. The highest BCUT2D eigenvalue weighted by atomic mass is 32.2. The number of carbonyl (C=O) groups excluding carboxylic acids is 1. The van der Waals surface area contributed by atoms with Gasteiger partial charge in [0.2, 0.25) is 15.8 Å². The van der Waals surface area contributed by atoms with Crippen LogP contribution in [-0.2, 0) is 14.8 Å². The number of hydrogen-bond acceptors (Lipinski definition) is 7. The van der Waals surface area contributed by atoms with Gasteiger partial charge in [-0.1, -0.05) is 12.8 Å². The van der Waals surface area contributed by atoms with Crippen molar-refractivity contribution < 1.29 is 22.9 Å². The summed E-state index contributed by atoms with van der Waals surface area (Å²) in [6.07, 6.45) is 5.01. The first-order valence-corrected chi connectivity index (χ1v) is 10.9. The smallest absolute Gasteiger partial charge is 0.406 e. The summed E-state index contributed by atoms with van der Waals surface area (Å²) >= 11 is 0. The molecule has 0 saturated carbocycles. The molecule has 2 aromatic rings. The third kappa shape index (κ3) is 5.30. The molecule has 2 heterocycles. The van der Waals surface area contributed by atoms with Gasteiger partial charge in [-0.25, -0.2) is 8.42 Å². The van der Waals surface area contributed by atoms with Gasteiger partial charge < -0.3 is 20.2 Å². The average molecular weight is 434 g/mol. The van der Waals surface area contributed by atoms with Crippen LogP contribution in [0.15, 0.2) is 47.5 Å². The molecule has 1 saturated heterocycles. The lowest BCUT2D eigenvalue weighted by atomic mass is 10.2. The van der Waals surface area contributed by atoms with Gasteiger partial charge in [-0.3, -0.25) is 4.79 Å². The molecule has 30 heavy (non-hydrogen) atoms. The van der Waals surface area contributed by atoms with Crippen molar-refractivity contribution in [2.45, 2.75) is 30.6 Å². The molecule has 1 aliphatic rings. The molecule has 3 rings (SSSR count). The number of hydrogen-bond donors (Lipinski definition) is 1. The predicted octanol–water partition coefficient (Wildman–Crippen LogP) is 2.57. The minimum Gasteiger partial charge on any atom is -0.476 e. The van der Waals surface area contributed by atoms with Crippen LogP contribution < -0.4 is 10.1 Å². The van der Waals surface area contributed by atoms with Crippen LogP contribution in [0, 0.1) is 10.1 Å². The van der Waals surface area contributed by atoms with Crippen molar-refractivity contribution in [1.82, 2.24) is 9.29 Å².